The molecule has 0 saturated carbocycles. The minimum atomic E-state index is -4.38. The fraction of sp³-hybridized carbons (Fsp3) is 0.0500. The Hall–Kier alpha value is -3.24. The molecule has 0 bridgehead atoms. The maximum Gasteiger partial charge on any atom is 0.416 e. The highest BCUT2D eigenvalue weighted by molar-refractivity contribution is 7.80. The highest BCUT2D eigenvalue weighted by atomic mass is 32.1. The molecule has 3 N–H and O–H groups in total. The van der Waals surface area contributed by atoms with Crippen molar-refractivity contribution in [3.05, 3.63) is 72.6 Å². The van der Waals surface area contributed by atoms with Gasteiger partial charge in [0.25, 0.3) is 0 Å². The Kier molecular flexibility index (Phi) is 5.51. The van der Waals surface area contributed by atoms with Crippen LogP contribution in [0.15, 0.2) is 67.0 Å². The van der Waals surface area contributed by atoms with Crippen LogP contribution in [0.4, 0.5) is 24.7 Å². The molecule has 0 atom stereocenters. The lowest BCUT2D eigenvalue weighted by Crippen LogP contribution is -2.33. The lowest BCUT2D eigenvalue weighted by molar-refractivity contribution is -0.137. The minimum absolute atomic E-state index is 0.182. The molecule has 4 rings (SSSR count). The number of hydrogen-bond donors (Lipinski definition) is 3. The molecule has 0 amide bonds. The van der Waals surface area contributed by atoms with Crippen molar-refractivity contribution < 1.29 is 13.2 Å². The molecule has 30 heavy (non-hydrogen) atoms. The molecule has 0 fully saturated rings. The van der Waals surface area contributed by atoms with Crippen molar-refractivity contribution in [2.45, 2.75) is 6.18 Å². The molecule has 10 heteroatoms. The highest BCUT2D eigenvalue weighted by Crippen LogP contribution is 2.35. The molecule has 152 valence electrons. The predicted octanol–water partition coefficient (Wildman–Crippen LogP) is 5.69. The van der Waals surface area contributed by atoms with Gasteiger partial charge in [-0.25, -0.2) is 9.97 Å². The zero-order chi connectivity index (χ0) is 21.1. The number of fused-ring (bicyclic) bond motifs is 1. The molecule has 5 nitrogen and oxygen atoms in total. The molecule has 0 spiro atoms. The fourth-order valence-electron chi connectivity index (χ4n) is 2.71. The molecule has 0 radical (unpaired) electrons. The van der Waals surface area contributed by atoms with Crippen LogP contribution in [0, 0.1) is 0 Å². The summed E-state index contributed by atoms with van der Waals surface area (Å²) in [7, 11) is 0. The molecule has 0 aliphatic rings. The first kappa shape index (κ1) is 20.0. The number of nitrogens with one attached hydrogen (secondary N) is 3. The number of anilines is 2. The van der Waals surface area contributed by atoms with E-state index in [1.165, 1.54) is 29.8 Å². The van der Waals surface area contributed by atoms with Crippen LogP contribution in [-0.4, -0.2) is 15.1 Å². The van der Waals surface area contributed by atoms with Crippen LogP contribution in [-0.2, 0) is 6.18 Å². The Labute approximate surface area is 179 Å². The molecule has 2 aromatic heterocycles. The van der Waals surface area contributed by atoms with Gasteiger partial charge in [0.05, 0.1) is 15.8 Å². The summed E-state index contributed by atoms with van der Waals surface area (Å²) in [4.78, 5) is 9.60. The summed E-state index contributed by atoms with van der Waals surface area (Å²) in [6.07, 6.45) is -2.93. The smallest absolute Gasteiger partial charge is 0.331 e. The molecule has 2 aromatic carbocycles. The summed E-state index contributed by atoms with van der Waals surface area (Å²) in [5.41, 5.74) is 7.31. The Morgan fingerprint density at radius 3 is 2.40 bits per heavy atom. The van der Waals surface area contributed by atoms with E-state index in [9.17, 15) is 13.2 Å². The van der Waals surface area contributed by atoms with Crippen molar-refractivity contribution in [1.82, 2.24) is 15.4 Å². The first-order chi connectivity index (χ1) is 14.4. The lowest BCUT2D eigenvalue weighted by atomic mass is 10.2. The Morgan fingerprint density at radius 2 is 1.70 bits per heavy atom. The van der Waals surface area contributed by atoms with E-state index in [1.54, 1.807) is 0 Å². The van der Waals surface area contributed by atoms with Gasteiger partial charge in [-0.1, -0.05) is 30.3 Å². The van der Waals surface area contributed by atoms with Gasteiger partial charge in [0.15, 0.2) is 10.9 Å². The Balaban J connectivity index is 1.44. The summed E-state index contributed by atoms with van der Waals surface area (Å²) < 4.78 is 38.8. The van der Waals surface area contributed by atoms with E-state index in [0.29, 0.717) is 11.5 Å². The number of rotatable bonds is 4. The number of nitrogens with zero attached hydrogens (tertiary/aromatic N) is 2. The predicted molar refractivity (Wildman–Crippen MR) is 117 cm³/mol. The summed E-state index contributed by atoms with van der Waals surface area (Å²) >= 11 is 6.74. The van der Waals surface area contributed by atoms with Crippen LogP contribution in [0.1, 0.15) is 5.56 Å². The van der Waals surface area contributed by atoms with Gasteiger partial charge in [-0.05, 0) is 48.1 Å². The van der Waals surface area contributed by atoms with Crippen LogP contribution >= 0.6 is 23.6 Å². The third kappa shape index (κ3) is 4.50. The topological polar surface area (TPSA) is 61.9 Å². The van der Waals surface area contributed by atoms with Gasteiger partial charge in [-0.3, -0.25) is 10.9 Å². The second-order valence-electron chi connectivity index (χ2n) is 6.19. The molecule has 2 heterocycles. The number of hydrogen-bond acceptors (Lipinski definition) is 5. The number of thiocarbonyl (C=S) groups is 1. The largest absolute Gasteiger partial charge is 0.416 e. The molecular formula is C20H14F3N5S2. The summed E-state index contributed by atoms with van der Waals surface area (Å²) in [5, 5.41) is 3.00. The summed E-state index contributed by atoms with van der Waals surface area (Å²) in [5.74, 6) is 0.545. The zero-order valence-electron chi connectivity index (χ0n) is 15.2. The van der Waals surface area contributed by atoms with Crippen LogP contribution in [0.5, 0.6) is 0 Å². The average molecular weight is 445 g/mol. The molecular weight excluding hydrogens is 431 g/mol. The van der Waals surface area contributed by atoms with Crippen molar-refractivity contribution in [2.75, 3.05) is 10.7 Å². The van der Waals surface area contributed by atoms with Gasteiger partial charge in [0.1, 0.15) is 6.33 Å². The van der Waals surface area contributed by atoms with E-state index >= 15 is 0 Å². The van der Waals surface area contributed by atoms with E-state index < -0.39 is 11.7 Å². The van der Waals surface area contributed by atoms with Crippen molar-refractivity contribution in [3.63, 3.8) is 0 Å². The van der Waals surface area contributed by atoms with Crippen molar-refractivity contribution in [1.29, 1.82) is 0 Å². The van der Waals surface area contributed by atoms with Crippen LogP contribution < -0.4 is 16.2 Å². The maximum atomic E-state index is 12.6. The van der Waals surface area contributed by atoms with Gasteiger partial charge >= 0.3 is 6.18 Å². The third-order valence-corrected chi connectivity index (χ3v) is 5.52. The van der Waals surface area contributed by atoms with Crippen LogP contribution in [0.25, 0.3) is 20.7 Å². The number of hydrazine groups is 1. The van der Waals surface area contributed by atoms with E-state index in [1.807, 2.05) is 36.4 Å². The maximum absolute atomic E-state index is 12.6. The molecule has 0 aliphatic carbocycles. The second-order valence-corrected chi connectivity index (χ2v) is 7.65. The molecule has 0 saturated heterocycles. The Morgan fingerprint density at radius 1 is 0.967 bits per heavy atom. The van der Waals surface area contributed by atoms with Gasteiger partial charge in [-0.2, -0.15) is 13.2 Å². The van der Waals surface area contributed by atoms with E-state index in [4.69, 9.17) is 12.2 Å². The van der Waals surface area contributed by atoms with E-state index in [2.05, 4.69) is 26.1 Å². The van der Waals surface area contributed by atoms with E-state index in [-0.39, 0.29) is 5.11 Å². The quantitative estimate of drug-likeness (QED) is 0.277. The normalized spacial score (nSPS) is 11.3. The number of aromatic nitrogens is 2. The monoisotopic (exact) mass is 445 g/mol. The van der Waals surface area contributed by atoms with Gasteiger partial charge in [-0.15, -0.1) is 11.3 Å². The summed E-state index contributed by atoms with van der Waals surface area (Å²) in [6.45, 7) is 0. The molecule has 4 aromatic rings. The number of benzene rings is 2. The van der Waals surface area contributed by atoms with Crippen molar-refractivity contribution in [2.24, 2.45) is 0 Å². The second kappa shape index (κ2) is 8.25. The minimum Gasteiger partial charge on any atom is -0.331 e. The lowest BCUT2D eigenvalue weighted by Gasteiger charge is -2.13. The SMILES string of the molecule is FC(F)(F)c1ccc(NC(=S)NNc2ncnc3cc(-c4ccccc4)sc23)cc1. The summed E-state index contributed by atoms with van der Waals surface area (Å²) in [6, 6.07) is 16.5. The Bertz CT molecular complexity index is 1170. The number of halogens is 3. The van der Waals surface area contributed by atoms with Gasteiger partial charge in [0, 0.05) is 10.6 Å². The third-order valence-electron chi connectivity index (χ3n) is 4.13. The van der Waals surface area contributed by atoms with E-state index in [0.717, 1.165) is 32.8 Å². The zero-order valence-corrected chi connectivity index (χ0v) is 16.8. The number of alkyl halides is 3. The van der Waals surface area contributed by atoms with Gasteiger partial charge < -0.3 is 5.32 Å². The number of thiophene rings is 1. The molecule has 0 unspecified atom stereocenters. The molecule has 0 aliphatic heterocycles. The van der Waals surface area contributed by atoms with Crippen LogP contribution in [0.2, 0.25) is 0 Å². The van der Waals surface area contributed by atoms with Crippen molar-refractivity contribution >= 4 is 50.4 Å². The van der Waals surface area contributed by atoms with Crippen LogP contribution in [0.3, 0.4) is 0 Å². The van der Waals surface area contributed by atoms with Gasteiger partial charge in [0.2, 0.25) is 0 Å². The highest BCUT2D eigenvalue weighted by Gasteiger charge is 2.29. The average Bonchev–Trinajstić information content (AvgIpc) is 3.18. The fourth-order valence-corrected chi connectivity index (χ4v) is 3.94. The first-order valence-electron chi connectivity index (χ1n) is 8.70. The standard InChI is InChI=1S/C20H14F3N5S2/c21-20(22,23)13-6-8-14(9-7-13)26-19(29)28-27-18-17-15(24-11-25-18)10-16(30-17)12-4-2-1-3-5-12/h1-11H,(H,24,25,27)(H2,26,28,29). The van der Waals surface area contributed by atoms with Crippen molar-refractivity contribution in [3.8, 4) is 10.4 Å². The first-order valence-corrected chi connectivity index (χ1v) is 9.93.